The summed E-state index contributed by atoms with van der Waals surface area (Å²) < 4.78 is 10.1. The van der Waals surface area contributed by atoms with Gasteiger partial charge in [0.15, 0.2) is 0 Å². The standard InChI is InChI=1S/C18H17Cl2NO4/c1-10(14-6-4-12(19)8-16(14)20)21-17(22)7-5-13-9-15(11(2)25-13)18(23)24-3/h4-10H,1-3H3,(H,21,22)/b7-5+. The minimum absolute atomic E-state index is 0.300. The highest BCUT2D eigenvalue weighted by Gasteiger charge is 2.15. The number of furan rings is 1. The number of methoxy groups -OCH3 is 1. The average molecular weight is 382 g/mol. The SMILES string of the molecule is COC(=O)c1cc(/C=C/C(=O)NC(C)c2ccc(Cl)cc2Cl)oc1C. The van der Waals surface area contributed by atoms with E-state index < -0.39 is 5.97 Å². The molecule has 2 aromatic rings. The summed E-state index contributed by atoms with van der Waals surface area (Å²) in [5, 5.41) is 3.81. The highest BCUT2D eigenvalue weighted by atomic mass is 35.5. The summed E-state index contributed by atoms with van der Waals surface area (Å²) in [6.07, 6.45) is 2.80. The number of halogens is 2. The summed E-state index contributed by atoms with van der Waals surface area (Å²) in [4.78, 5) is 23.6. The molecule has 25 heavy (non-hydrogen) atoms. The van der Waals surface area contributed by atoms with Gasteiger partial charge in [-0.25, -0.2) is 4.79 Å². The number of carbonyl (C=O) groups is 2. The Morgan fingerprint density at radius 2 is 2.00 bits per heavy atom. The summed E-state index contributed by atoms with van der Waals surface area (Å²) in [6, 6.07) is 6.31. The van der Waals surface area contributed by atoms with E-state index in [2.05, 4.69) is 10.1 Å². The van der Waals surface area contributed by atoms with E-state index in [-0.39, 0.29) is 11.9 Å². The van der Waals surface area contributed by atoms with Crippen molar-refractivity contribution in [3.05, 3.63) is 63.0 Å². The Kier molecular flexibility index (Phi) is 6.28. The normalized spacial score (nSPS) is 12.2. The molecular weight excluding hydrogens is 365 g/mol. The fourth-order valence-corrected chi connectivity index (χ4v) is 2.82. The van der Waals surface area contributed by atoms with Crippen LogP contribution in [0.4, 0.5) is 0 Å². The quantitative estimate of drug-likeness (QED) is 0.608. The van der Waals surface area contributed by atoms with Crippen molar-refractivity contribution in [2.75, 3.05) is 7.11 Å². The summed E-state index contributed by atoms with van der Waals surface area (Å²) in [7, 11) is 1.29. The average Bonchev–Trinajstić information content (AvgIpc) is 2.93. The van der Waals surface area contributed by atoms with Crippen LogP contribution in [0.2, 0.25) is 10.0 Å². The number of aryl methyl sites for hydroxylation is 1. The summed E-state index contributed by atoms with van der Waals surface area (Å²) in [5.41, 5.74) is 1.08. The van der Waals surface area contributed by atoms with Gasteiger partial charge < -0.3 is 14.5 Å². The van der Waals surface area contributed by atoms with Gasteiger partial charge in [-0.3, -0.25) is 4.79 Å². The smallest absolute Gasteiger partial charge is 0.341 e. The van der Waals surface area contributed by atoms with E-state index in [9.17, 15) is 9.59 Å². The van der Waals surface area contributed by atoms with Gasteiger partial charge in [0.1, 0.15) is 17.1 Å². The van der Waals surface area contributed by atoms with Gasteiger partial charge in [-0.2, -0.15) is 0 Å². The fraction of sp³-hybridized carbons (Fsp3) is 0.222. The Morgan fingerprint density at radius 1 is 1.28 bits per heavy atom. The number of nitrogens with one attached hydrogen (secondary N) is 1. The summed E-state index contributed by atoms with van der Waals surface area (Å²) >= 11 is 12.0. The Morgan fingerprint density at radius 3 is 2.64 bits per heavy atom. The van der Waals surface area contributed by atoms with Crippen LogP contribution in [-0.4, -0.2) is 19.0 Å². The van der Waals surface area contributed by atoms with Gasteiger partial charge in [0.05, 0.1) is 13.2 Å². The van der Waals surface area contributed by atoms with E-state index in [0.717, 1.165) is 5.56 Å². The molecule has 0 fully saturated rings. The van der Waals surface area contributed by atoms with Crippen LogP contribution in [0.25, 0.3) is 6.08 Å². The highest BCUT2D eigenvalue weighted by Crippen LogP contribution is 2.26. The molecule has 2 rings (SSSR count). The van der Waals surface area contributed by atoms with Crippen molar-refractivity contribution in [2.45, 2.75) is 19.9 Å². The number of esters is 1. The Hall–Kier alpha value is -2.24. The van der Waals surface area contributed by atoms with E-state index >= 15 is 0 Å². The van der Waals surface area contributed by atoms with Crippen LogP contribution in [0.15, 0.2) is 34.8 Å². The third-order valence-electron chi connectivity index (χ3n) is 3.53. The third-order valence-corrected chi connectivity index (χ3v) is 4.09. The van der Waals surface area contributed by atoms with Crippen molar-refractivity contribution in [3.63, 3.8) is 0 Å². The zero-order chi connectivity index (χ0) is 18.6. The molecule has 0 aliphatic carbocycles. The van der Waals surface area contributed by atoms with Crippen LogP contribution >= 0.6 is 23.2 Å². The number of amides is 1. The maximum atomic E-state index is 12.1. The molecule has 0 aliphatic heterocycles. The second-order valence-electron chi connectivity index (χ2n) is 5.34. The van der Waals surface area contributed by atoms with E-state index in [1.54, 1.807) is 25.1 Å². The number of benzene rings is 1. The van der Waals surface area contributed by atoms with Gasteiger partial charge in [0.2, 0.25) is 5.91 Å². The molecule has 0 radical (unpaired) electrons. The van der Waals surface area contributed by atoms with Crippen molar-refractivity contribution in [3.8, 4) is 0 Å². The molecule has 0 aliphatic rings. The Bertz CT molecular complexity index is 826. The first-order valence-electron chi connectivity index (χ1n) is 7.44. The molecule has 1 aromatic heterocycles. The molecule has 1 atom stereocenters. The summed E-state index contributed by atoms with van der Waals surface area (Å²) in [6.45, 7) is 3.46. The highest BCUT2D eigenvalue weighted by molar-refractivity contribution is 6.35. The minimum Gasteiger partial charge on any atom is -0.465 e. The topological polar surface area (TPSA) is 68.5 Å². The van der Waals surface area contributed by atoms with Crippen LogP contribution in [-0.2, 0) is 9.53 Å². The molecule has 0 saturated carbocycles. The molecule has 7 heteroatoms. The van der Waals surface area contributed by atoms with Crippen molar-refractivity contribution < 1.29 is 18.7 Å². The van der Waals surface area contributed by atoms with Crippen LogP contribution in [0.5, 0.6) is 0 Å². The number of rotatable bonds is 5. The van der Waals surface area contributed by atoms with Gasteiger partial charge in [0.25, 0.3) is 0 Å². The number of ether oxygens (including phenoxy) is 1. The first kappa shape index (κ1) is 19.1. The number of hydrogen-bond acceptors (Lipinski definition) is 4. The molecule has 0 saturated heterocycles. The molecular formula is C18H17Cl2NO4. The largest absolute Gasteiger partial charge is 0.465 e. The molecule has 0 spiro atoms. The van der Waals surface area contributed by atoms with Crippen LogP contribution in [0, 0.1) is 6.92 Å². The molecule has 132 valence electrons. The van der Waals surface area contributed by atoms with Crippen molar-refractivity contribution in [1.29, 1.82) is 0 Å². The molecule has 1 aromatic carbocycles. The molecule has 1 amide bonds. The predicted molar refractivity (Wildman–Crippen MR) is 96.8 cm³/mol. The number of carbonyl (C=O) groups excluding carboxylic acids is 2. The maximum Gasteiger partial charge on any atom is 0.341 e. The lowest BCUT2D eigenvalue weighted by Crippen LogP contribution is -2.24. The van der Waals surface area contributed by atoms with Gasteiger partial charge in [-0.15, -0.1) is 0 Å². The predicted octanol–water partition coefficient (Wildman–Crippen LogP) is 4.57. The zero-order valence-corrected chi connectivity index (χ0v) is 15.4. The lowest BCUT2D eigenvalue weighted by molar-refractivity contribution is -0.117. The number of hydrogen-bond donors (Lipinski definition) is 1. The van der Waals surface area contributed by atoms with Gasteiger partial charge >= 0.3 is 5.97 Å². The van der Waals surface area contributed by atoms with E-state index in [1.165, 1.54) is 25.3 Å². The second-order valence-corrected chi connectivity index (χ2v) is 6.18. The van der Waals surface area contributed by atoms with Gasteiger partial charge in [-0.05, 0) is 43.7 Å². The van der Waals surface area contributed by atoms with E-state index in [4.69, 9.17) is 27.6 Å². The van der Waals surface area contributed by atoms with Crippen molar-refractivity contribution in [2.24, 2.45) is 0 Å². The van der Waals surface area contributed by atoms with Gasteiger partial charge in [-0.1, -0.05) is 29.3 Å². The molecule has 1 heterocycles. The lowest BCUT2D eigenvalue weighted by Gasteiger charge is -2.14. The van der Waals surface area contributed by atoms with Crippen LogP contribution in [0.3, 0.4) is 0 Å². The molecule has 1 N–H and O–H groups in total. The van der Waals surface area contributed by atoms with Crippen LogP contribution < -0.4 is 5.32 Å². The van der Waals surface area contributed by atoms with E-state index in [1.807, 2.05) is 6.92 Å². The van der Waals surface area contributed by atoms with E-state index in [0.29, 0.717) is 27.1 Å². The first-order chi connectivity index (χ1) is 11.8. The van der Waals surface area contributed by atoms with Crippen molar-refractivity contribution >= 4 is 41.2 Å². The third kappa shape index (κ3) is 4.87. The van der Waals surface area contributed by atoms with Crippen LogP contribution in [0.1, 0.15) is 40.4 Å². The maximum absolute atomic E-state index is 12.1. The Balaban J connectivity index is 2.04. The Labute approximate surface area is 155 Å². The van der Waals surface area contributed by atoms with Crippen molar-refractivity contribution in [1.82, 2.24) is 5.32 Å². The minimum atomic E-state index is -0.489. The molecule has 1 unspecified atom stereocenters. The molecule has 5 nitrogen and oxygen atoms in total. The lowest BCUT2D eigenvalue weighted by atomic mass is 10.1. The molecule has 0 bridgehead atoms. The van der Waals surface area contributed by atoms with Gasteiger partial charge in [0, 0.05) is 16.1 Å². The monoisotopic (exact) mass is 381 g/mol. The second kappa shape index (κ2) is 8.23. The summed E-state index contributed by atoms with van der Waals surface area (Å²) in [5.74, 6) is -0.0120. The fourth-order valence-electron chi connectivity index (χ4n) is 2.25. The first-order valence-corrected chi connectivity index (χ1v) is 8.19. The zero-order valence-electron chi connectivity index (χ0n) is 13.9.